The Morgan fingerprint density at radius 2 is 0.909 bits per heavy atom. The van der Waals surface area contributed by atoms with E-state index in [1.54, 1.807) is 0 Å². The number of aliphatic hydroxyl groups is 5. The monoisotopic (exact) mass is 936 g/mol. The van der Waals surface area contributed by atoms with E-state index in [9.17, 15) is 30.3 Å². The van der Waals surface area contributed by atoms with E-state index in [2.05, 4.69) is 43.5 Å². The highest BCUT2D eigenvalue weighted by atomic mass is 16.7. The van der Waals surface area contributed by atoms with Gasteiger partial charge in [-0.25, -0.2) is 0 Å². The van der Waals surface area contributed by atoms with E-state index in [-0.39, 0.29) is 12.5 Å². The van der Waals surface area contributed by atoms with Crippen molar-refractivity contribution in [2.75, 3.05) is 13.2 Å². The number of nitrogens with one attached hydrogen (secondary N) is 1. The van der Waals surface area contributed by atoms with Crippen molar-refractivity contribution in [3.05, 3.63) is 24.3 Å². The Kier molecular flexibility index (Phi) is 45.0. The van der Waals surface area contributed by atoms with Crippen molar-refractivity contribution < 1.29 is 39.8 Å². The second-order valence-electron chi connectivity index (χ2n) is 20.1. The molecule has 1 aliphatic heterocycles. The lowest BCUT2D eigenvalue weighted by Gasteiger charge is -2.40. The zero-order valence-electron chi connectivity index (χ0n) is 43.2. The van der Waals surface area contributed by atoms with Crippen molar-refractivity contribution in [1.29, 1.82) is 0 Å². The van der Waals surface area contributed by atoms with Crippen LogP contribution in [0.15, 0.2) is 24.3 Å². The summed E-state index contributed by atoms with van der Waals surface area (Å²) >= 11 is 0. The summed E-state index contributed by atoms with van der Waals surface area (Å²) in [6.45, 7) is 3.81. The van der Waals surface area contributed by atoms with Crippen LogP contribution in [0, 0.1) is 0 Å². The Balaban J connectivity index is 2.15. The van der Waals surface area contributed by atoms with E-state index < -0.39 is 49.5 Å². The topological polar surface area (TPSA) is 149 Å². The highest BCUT2D eigenvalue weighted by Gasteiger charge is 2.44. The molecule has 7 atom stereocenters. The molecule has 0 radical (unpaired) electrons. The third kappa shape index (κ3) is 36.6. The first-order valence-electron chi connectivity index (χ1n) is 28.5. The first-order chi connectivity index (χ1) is 32.3. The predicted molar refractivity (Wildman–Crippen MR) is 277 cm³/mol. The summed E-state index contributed by atoms with van der Waals surface area (Å²) in [7, 11) is 0. The Labute approximate surface area is 407 Å². The predicted octanol–water partition coefficient (Wildman–Crippen LogP) is 13.8. The van der Waals surface area contributed by atoms with Gasteiger partial charge in [0.15, 0.2) is 6.29 Å². The van der Waals surface area contributed by atoms with Crippen molar-refractivity contribution in [2.24, 2.45) is 0 Å². The summed E-state index contributed by atoms with van der Waals surface area (Å²) < 4.78 is 11.3. The highest BCUT2D eigenvalue weighted by molar-refractivity contribution is 5.76. The zero-order valence-corrected chi connectivity index (χ0v) is 43.2. The van der Waals surface area contributed by atoms with Crippen LogP contribution < -0.4 is 5.32 Å². The summed E-state index contributed by atoms with van der Waals surface area (Å²) in [6.07, 6.45) is 52.2. The summed E-state index contributed by atoms with van der Waals surface area (Å²) in [4.78, 5) is 13.0. The SMILES string of the molecule is CCCC/C=C\C/C=C\CCCCCCCC(=O)NC(COC1OC(CO)C(O)C(O)C1O)C(O)CCCCCCCCCCCCCCCCCCCCCCCCCCCCCCC. The van der Waals surface area contributed by atoms with Crippen LogP contribution in [0.2, 0.25) is 0 Å². The maximum atomic E-state index is 13.0. The molecule has 0 spiro atoms. The molecule has 0 aromatic rings. The number of aliphatic hydroxyl groups excluding tert-OH is 5. The molecule has 7 unspecified atom stereocenters. The molecule has 9 heteroatoms. The molecular formula is C57H109NO8. The molecule has 1 aliphatic rings. The fraction of sp³-hybridized carbons (Fsp3) is 0.912. The standard InChI is InChI=1S/C57H109NO8/c1-3-5-7-9-11-13-15-17-19-20-21-22-23-24-25-26-27-28-29-30-31-32-33-34-36-38-40-42-44-46-51(60)50(49-65-57-56(64)55(63)54(62)52(48-59)66-57)58-53(61)47-45-43-41-39-37-35-18-16-14-12-10-8-6-4-2/h10,12,16,18,50-52,54-57,59-60,62-64H,3-9,11,13-15,17,19-49H2,1-2H3,(H,58,61)/b12-10-,18-16-. The van der Waals surface area contributed by atoms with Crippen LogP contribution in [-0.4, -0.2) is 87.5 Å². The summed E-state index contributed by atoms with van der Waals surface area (Å²) in [5.41, 5.74) is 0. The first-order valence-corrected chi connectivity index (χ1v) is 28.5. The average molecular weight is 936 g/mol. The van der Waals surface area contributed by atoms with Crippen LogP contribution in [-0.2, 0) is 14.3 Å². The van der Waals surface area contributed by atoms with Gasteiger partial charge in [-0.3, -0.25) is 4.79 Å². The molecule has 390 valence electrons. The summed E-state index contributed by atoms with van der Waals surface area (Å²) in [6, 6.07) is -0.725. The molecule has 0 aliphatic carbocycles. The van der Waals surface area contributed by atoms with Crippen LogP contribution in [0.3, 0.4) is 0 Å². The van der Waals surface area contributed by atoms with Gasteiger partial charge in [-0.15, -0.1) is 0 Å². The normalized spacial score (nSPS) is 19.9. The molecule has 1 amide bonds. The molecule has 9 nitrogen and oxygen atoms in total. The average Bonchev–Trinajstić information content (AvgIpc) is 3.32. The van der Waals surface area contributed by atoms with Crippen LogP contribution in [0.4, 0.5) is 0 Å². The van der Waals surface area contributed by atoms with Crippen molar-refractivity contribution in [1.82, 2.24) is 5.32 Å². The molecule has 0 aromatic heterocycles. The maximum absolute atomic E-state index is 13.0. The molecule has 66 heavy (non-hydrogen) atoms. The quantitative estimate of drug-likeness (QED) is 0.0261. The van der Waals surface area contributed by atoms with Crippen molar-refractivity contribution in [3.8, 4) is 0 Å². The first kappa shape index (κ1) is 62.7. The summed E-state index contributed by atoms with van der Waals surface area (Å²) in [5.74, 6) is -0.156. The highest BCUT2D eigenvalue weighted by Crippen LogP contribution is 2.23. The van der Waals surface area contributed by atoms with Gasteiger partial charge in [0.05, 0.1) is 25.4 Å². The van der Waals surface area contributed by atoms with E-state index in [1.807, 2.05) is 0 Å². The lowest BCUT2D eigenvalue weighted by Crippen LogP contribution is -2.60. The molecule has 1 saturated heterocycles. The van der Waals surface area contributed by atoms with Crippen molar-refractivity contribution >= 4 is 5.91 Å². The molecule has 1 fully saturated rings. The van der Waals surface area contributed by atoms with Crippen molar-refractivity contribution in [3.63, 3.8) is 0 Å². The molecule has 1 heterocycles. The van der Waals surface area contributed by atoms with Gasteiger partial charge in [0.1, 0.15) is 24.4 Å². The molecular weight excluding hydrogens is 827 g/mol. The van der Waals surface area contributed by atoms with Gasteiger partial charge in [-0.05, 0) is 38.5 Å². The third-order valence-corrected chi connectivity index (χ3v) is 13.8. The number of carbonyl (C=O) groups is 1. The molecule has 0 bridgehead atoms. The Morgan fingerprint density at radius 3 is 1.35 bits per heavy atom. The van der Waals surface area contributed by atoms with E-state index in [0.29, 0.717) is 12.8 Å². The van der Waals surface area contributed by atoms with E-state index in [4.69, 9.17) is 9.47 Å². The van der Waals surface area contributed by atoms with Gasteiger partial charge in [0.25, 0.3) is 0 Å². The van der Waals surface area contributed by atoms with Gasteiger partial charge >= 0.3 is 0 Å². The van der Waals surface area contributed by atoms with E-state index >= 15 is 0 Å². The minimum Gasteiger partial charge on any atom is -0.394 e. The van der Waals surface area contributed by atoms with E-state index in [1.165, 1.54) is 186 Å². The van der Waals surface area contributed by atoms with Crippen LogP contribution in [0.1, 0.15) is 277 Å². The Hall–Kier alpha value is -1.33. The van der Waals surface area contributed by atoms with Gasteiger partial charge in [-0.1, -0.05) is 256 Å². The fourth-order valence-corrected chi connectivity index (χ4v) is 9.24. The largest absolute Gasteiger partial charge is 0.394 e. The smallest absolute Gasteiger partial charge is 0.220 e. The Morgan fingerprint density at radius 1 is 0.515 bits per heavy atom. The number of hydrogen-bond acceptors (Lipinski definition) is 8. The minimum atomic E-state index is -1.56. The lowest BCUT2D eigenvalue weighted by atomic mass is 9.99. The second-order valence-corrected chi connectivity index (χ2v) is 20.1. The number of carbonyl (C=O) groups excluding carboxylic acids is 1. The van der Waals surface area contributed by atoms with Crippen LogP contribution in [0.5, 0.6) is 0 Å². The number of hydrogen-bond donors (Lipinski definition) is 6. The number of rotatable bonds is 49. The number of unbranched alkanes of at least 4 members (excludes halogenated alkanes) is 35. The molecule has 0 aromatic carbocycles. The maximum Gasteiger partial charge on any atom is 0.220 e. The van der Waals surface area contributed by atoms with Crippen LogP contribution in [0.25, 0.3) is 0 Å². The zero-order chi connectivity index (χ0) is 48.0. The van der Waals surface area contributed by atoms with Gasteiger partial charge in [0, 0.05) is 6.42 Å². The minimum absolute atomic E-state index is 0.142. The number of ether oxygens (including phenoxy) is 2. The Bertz CT molecular complexity index is 1090. The van der Waals surface area contributed by atoms with Gasteiger partial charge in [-0.2, -0.15) is 0 Å². The summed E-state index contributed by atoms with van der Waals surface area (Å²) in [5, 5.41) is 54.6. The number of amides is 1. The van der Waals surface area contributed by atoms with E-state index in [0.717, 1.165) is 64.2 Å². The van der Waals surface area contributed by atoms with Crippen molar-refractivity contribution in [2.45, 2.75) is 320 Å². The molecule has 6 N–H and O–H groups in total. The molecule has 1 rings (SSSR count). The third-order valence-electron chi connectivity index (χ3n) is 13.8. The lowest BCUT2D eigenvalue weighted by molar-refractivity contribution is -0.302. The van der Waals surface area contributed by atoms with Gasteiger partial charge in [0.2, 0.25) is 5.91 Å². The van der Waals surface area contributed by atoms with Gasteiger partial charge < -0.3 is 40.3 Å². The van der Waals surface area contributed by atoms with Crippen LogP contribution >= 0.6 is 0 Å². The molecule has 0 saturated carbocycles. The number of allylic oxidation sites excluding steroid dienone is 4. The second kappa shape index (κ2) is 47.4. The fourth-order valence-electron chi connectivity index (χ4n) is 9.24.